The highest BCUT2D eigenvalue weighted by Gasteiger charge is 2.01. The number of nitrogens with zero attached hydrogens (tertiary/aromatic N) is 1. The van der Waals surface area contributed by atoms with E-state index in [2.05, 4.69) is 12.0 Å². The van der Waals surface area contributed by atoms with E-state index in [1.165, 1.54) is 0 Å². The Morgan fingerprint density at radius 3 is 2.80 bits per heavy atom. The monoisotopic (exact) mass is 238 g/mol. The second-order valence-corrected chi connectivity index (χ2v) is 4.14. The van der Waals surface area contributed by atoms with Gasteiger partial charge in [-0.05, 0) is 30.7 Å². The maximum atomic E-state index is 5.93. The molecule has 0 unspecified atom stereocenters. The fourth-order valence-electron chi connectivity index (χ4n) is 1.43. The van der Waals surface area contributed by atoms with E-state index >= 15 is 0 Å². The summed E-state index contributed by atoms with van der Waals surface area (Å²) in [4.78, 5) is 0. The summed E-state index contributed by atoms with van der Waals surface area (Å²) < 4.78 is 2.63. The lowest BCUT2D eigenvalue weighted by molar-refractivity contribution is 0.833. The smallest absolute Gasteiger partial charge is 0.127 e. The molecule has 1 N–H and O–H groups in total. The number of aryl methyl sites for hydroxylation is 1. The summed E-state index contributed by atoms with van der Waals surface area (Å²) in [6.45, 7) is 2.09. The zero-order valence-corrected chi connectivity index (χ0v) is 9.90. The Balaban J connectivity index is 2.54. The number of hydrogen-bond acceptors (Lipinski definition) is 1. The maximum absolute atomic E-state index is 5.93. The van der Waals surface area contributed by atoms with Gasteiger partial charge < -0.3 is 0 Å². The molecular formula is C11H11ClN2S. The molecule has 0 atom stereocenters. The molecule has 78 valence electrons. The number of nitrogens with one attached hydrogen (secondary N) is 1. The summed E-state index contributed by atoms with van der Waals surface area (Å²) in [5.41, 5.74) is 2.09. The zero-order chi connectivity index (χ0) is 10.8. The van der Waals surface area contributed by atoms with Crippen molar-refractivity contribution in [3.05, 3.63) is 45.7 Å². The van der Waals surface area contributed by atoms with Crippen molar-refractivity contribution in [1.82, 2.24) is 9.78 Å². The first-order chi connectivity index (χ1) is 7.20. The third-order valence-corrected chi connectivity index (χ3v) is 2.76. The van der Waals surface area contributed by atoms with Gasteiger partial charge in [-0.2, -0.15) is 0 Å². The predicted molar refractivity (Wildman–Crippen MR) is 65.3 cm³/mol. The Labute approximate surface area is 98.5 Å². The van der Waals surface area contributed by atoms with E-state index in [0.717, 1.165) is 22.4 Å². The molecule has 2 aromatic rings. The van der Waals surface area contributed by atoms with Gasteiger partial charge in [0.15, 0.2) is 0 Å². The van der Waals surface area contributed by atoms with E-state index < -0.39 is 0 Å². The molecule has 0 aliphatic rings. The summed E-state index contributed by atoms with van der Waals surface area (Å²) in [7, 11) is 0. The van der Waals surface area contributed by atoms with Gasteiger partial charge in [-0.25, -0.2) is 4.68 Å². The van der Waals surface area contributed by atoms with Crippen molar-refractivity contribution in [3.8, 4) is 5.69 Å². The van der Waals surface area contributed by atoms with Gasteiger partial charge in [-0.3, -0.25) is 5.10 Å². The van der Waals surface area contributed by atoms with Crippen molar-refractivity contribution in [2.45, 2.75) is 13.3 Å². The van der Waals surface area contributed by atoms with Crippen LogP contribution in [-0.2, 0) is 6.42 Å². The fraction of sp³-hybridized carbons (Fsp3) is 0.182. The normalized spacial score (nSPS) is 10.5. The molecular weight excluding hydrogens is 228 g/mol. The minimum absolute atomic E-state index is 0.710. The second-order valence-electron chi connectivity index (χ2n) is 3.29. The van der Waals surface area contributed by atoms with Crippen LogP contribution in [0.15, 0.2) is 30.3 Å². The van der Waals surface area contributed by atoms with Gasteiger partial charge in [0, 0.05) is 10.7 Å². The molecule has 15 heavy (non-hydrogen) atoms. The van der Waals surface area contributed by atoms with Crippen LogP contribution in [0.2, 0.25) is 5.02 Å². The number of H-pyrrole nitrogens is 1. The standard InChI is InChI=1S/C11H11ClN2S/c1-2-9-7-11(15)14(13-9)10-5-3-4-8(12)6-10/h3-7,13H,2H2,1H3. The molecule has 0 fully saturated rings. The van der Waals surface area contributed by atoms with Crippen LogP contribution in [0.25, 0.3) is 5.69 Å². The van der Waals surface area contributed by atoms with Gasteiger partial charge >= 0.3 is 0 Å². The first kappa shape index (κ1) is 10.5. The van der Waals surface area contributed by atoms with Gasteiger partial charge in [-0.15, -0.1) is 0 Å². The van der Waals surface area contributed by atoms with Crippen molar-refractivity contribution in [3.63, 3.8) is 0 Å². The molecule has 0 amide bonds. The van der Waals surface area contributed by atoms with E-state index in [1.54, 1.807) is 0 Å². The van der Waals surface area contributed by atoms with Crippen LogP contribution >= 0.6 is 23.8 Å². The lowest BCUT2D eigenvalue weighted by Crippen LogP contribution is -1.96. The minimum Gasteiger partial charge on any atom is -0.297 e. The molecule has 0 radical (unpaired) electrons. The van der Waals surface area contributed by atoms with Gasteiger partial charge in [0.2, 0.25) is 0 Å². The van der Waals surface area contributed by atoms with Crippen LogP contribution in [0.3, 0.4) is 0 Å². The molecule has 1 aromatic heterocycles. The Bertz CT molecular complexity index is 527. The van der Waals surface area contributed by atoms with Crippen LogP contribution in [0.5, 0.6) is 0 Å². The molecule has 0 spiro atoms. The summed E-state index contributed by atoms with van der Waals surface area (Å²) in [6, 6.07) is 9.57. The molecule has 1 heterocycles. The summed E-state index contributed by atoms with van der Waals surface area (Å²) >= 11 is 11.2. The SMILES string of the molecule is CCc1cc(=S)n(-c2cccc(Cl)c2)[nH]1. The van der Waals surface area contributed by atoms with Gasteiger partial charge in [0.25, 0.3) is 0 Å². The third kappa shape index (κ3) is 2.13. The Hall–Kier alpha value is -1.06. The average Bonchev–Trinajstić information content (AvgIpc) is 2.60. The first-order valence-corrected chi connectivity index (χ1v) is 5.56. The molecule has 0 aliphatic heterocycles. The highest BCUT2D eigenvalue weighted by Crippen LogP contribution is 2.15. The van der Waals surface area contributed by atoms with E-state index in [4.69, 9.17) is 23.8 Å². The van der Waals surface area contributed by atoms with E-state index in [-0.39, 0.29) is 0 Å². The van der Waals surface area contributed by atoms with Crippen LogP contribution in [-0.4, -0.2) is 9.78 Å². The number of aromatic amines is 1. The lowest BCUT2D eigenvalue weighted by Gasteiger charge is -2.02. The second kappa shape index (κ2) is 4.21. The van der Waals surface area contributed by atoms with Gasteiger partial charge in [0.05, 0.1) is 5.69 Å². The summed E-state index contributed by atoms with van der Waals surface area (Å²) in [5.74, 6) is 0. The number of benzene rings is 1. The summed E-state index contributed by atoms with van der Waals surface area (Å²) in [5, 5.41) is 3.94. The van der Waals surface area contributed by atoms with Crippen molar-refractivity contribution >= 4 is 23.8 Å². The maximum Gasteiger partial charge on any atom is 0.127 e. The number of halogens is 1. The Kier molecular flexibility index (Phi) is 2.93. The number of hydrogen-bond donors (Lipinski definition) is 1. The van der Waals surface area contributed by atoms with Crippen LogP contribution in [0.1, 0.15) is 12.6 Å². The fourth-order valence-corrected chi connectivity index (χ4v) is 1.91. The Morgan fingerprint density at radius 1 is 1.40 bits per heavy atom. The van der Waals surface area contributed by atoms with Crippen molar-refractivity contribution in [2.75, 3.05) is 0 Å². The summed E-state index contributed by atoms with van der Waals surface area (Å²) in [6.07, 6.45) is 0.942. The molecule has 2 rings (SSSR count). The number of rotatable bonds is 2. The first-order valence-electron chi connectivity index (χ1n) is 4.77. The number of aromatic nitrogens is 2. The molecule has 0 aliphatic carbocycles. The van der Waals surface area contributed by atoms with Gasteiger partial charge in [-0.1, -0.05) is 36.8 Å². The largest absolute Gasteiger partial charge is 0.297 e. The topological polar surface area (TPSA) is 20.7 Å². The molecule has 0 bridgehead atoms. The van der Waals surface area contributed by atoms with E-state index in [0.29, 0.717) is 5.02 Å². The Morgan fingerprint density at radius 2 is 2.20 bits per heavy atom. The van der Waals surface area contributed by atoms with Crippen LogP contribution < -0.4 is 0 Å². The highest BCUT2D eigenvalue weighted by atomic mass is 35.5. The van der Waals surface area contributed by atoms with Crippen molar-refractivity contribution < 1.29 is 0 Å². The quantitative estimate of drug-likeness (QED) is 0.791. The zero-order valence-electron chi connectivity index (χ0n) is 8.33. The van der Waals surface area contributed by atoms with Crippen molar-refractivity contribution in [2.24, 2.45) is 0 Å². The molecule has 0 saturated heterocycles. The molecule has 0 saturated carbocycles. The van der Waals surface area contributed by atoms with Crippen molar-refractivity contribution in [1.29, 1.82) is 0 Å². The van der Waals surface area contributed by atoms with Crippen LogP contribution in [0, 0.1) is 4.64 Å². The lowest BCUT2D eigenvalue weighted by atomic mass is 10.3. The van der Waals surface area contributed by atoms with E-state index in [1.807, 2.05) is 35.0 Å². The highest BCUT2D eigenvalue weighted by molar-refractivity contribution is 7.71. The average molecular weight is 239 g/mol. The van der Waals surface area contributed by atoms with Gasteiger partial charge in [0.1, 0.15) is 4.64 Å². The molecule has 2 nitrogen and oxygen atoms in total. The molecule has 4 heteroatoms. The molecule has 1 aromatic carbocycles. The third-order valence-electron chi connectivity index (χ3n) is 2.22. The predicted octanol–water partition coefficient (Wildman–Crippen LogP) is 3.75. The minimum atomic E-state index is 0.710. The van der Waals surface area contributed by atoms with Crippen LogP contribution in [0.4, 0.5) is 0 Å². The van der Waals surface area contributed by atoms with E-state index in [9.17, 15) is 0 Å².